The van der Waals surface area contributed by atoms with Gasteiger partial charge in [0, 0.05) is 15.6 Å². The van der Waals surface area contributed by atoms with Crippen molar-refractivity contribution in [3.8, 4) is 0 Å². The molecular formula is C14H9BrF2O. The predicted molar refractivity (Wildman–Crippen MR) is 68.7 cm³/mol. The van der Waals surface area contributed by atoms with Crippen LogP contribution in [0.3, 0.4) is 0 Å². The molecule has 0 aliphatic carbocycles. The van der Waals surface area contributed by atoms with Crippen LogP contribution in [0.2, 0.25) is 0 Å². The Morgan fingerprint density at radius 2 is 1.61 bits per heavy atom. The van der Waals surface area contributed by atoms with Gasteiger partial charge in [0.2, 0.25) is 0 Å². The first-order chi connectivity index (χ1) is 8.49. The lowest BCUT2D eigenvalue weighted by atomic mass is 9.99. The van der Waals surface area contributed by atoms with Gasteiger partial charge in [-0.25, -0.2) is 8.78 Å². The van der Waals surface area contributed by atoms with Crippen molar-refractivity contribution >= 4 is 21.7 Å². The van der Waals surface area contributed by atoms with Crippen LogP contribution in [0.1, 0.15) is 21.5 Å². The molecule has 4 heteroatoms. The van der Waals surface area contributed by atoms with E-state index in [2.05, 4.69) is 15.9 Å². The molecule has 0 atom stereocenters. The molecule has 0 bridgehead atoms. The number of aryl methyl sites for hydroxylation is 1. The van der Waals surface area contributed by atoms with Gasteiger partial charge in [-0.1, -0.05) is 15.9 Å². The summed E-state index contributed by atoms with van der Waals surface area (Å²) in [7, 11) is 0. The van der Waals surface area contributed by atoms with Crippen LogP contribution >= 0.6 is 15.9 Å². The van der Waals surface area contributed by atoms with Gasteiger partial charge in [-0.05, 0) is 48.9 Å². The van der Waals surface area contributed by atoms with Gasteiger partial charge in [-0.2, -0.15) is 0 Å². The number of benzene rings is 2. The molecule has 0 aromatic heterocycles. The maximum atomic E-state index is 13.2. The SMILES string of the molecule is Cc1cc(F)ccc1C(=O)c1cc(F)ccc1Br. The average molecular weight is 311 g/mol. The van der Waals surface area contributed by atoms with E-state index in [-0.39, 0.29) is 11.3 Å². The third-order valence-corrected chi connectivity index (χ3v) is 3.30. The summed E-state index contributed by atoms with van der Waals surface area (Å²) in [6, 6.07) is 7.80. The maximum Gasteiger partial charge on any atom is 0.194 e. The molecule has 0 N–H and O–H groups in total. The smallest absolute Gasteiger partial charge is 0.194 e. The van der Waals surface area contributed by atoms with E-state index in [1.165, 1.54) is 30.3 Å². The monoisotopic (exact) mass is 310 g/mol. The number of ketones is 1. The summed E-state index contributed by atoms with van der Waals surface area (Å²) < 4.78 is 26.6. The third-order valence-electron chi connectivity index (χ3n) is 2.61. The lowest BCUT2D eigenvalue weighted by Gasteiger charge is -2.07. The predicted octanol–water partition coefficient (Wildman–Crippen LogP) is 4.27. The molecule has 0 spiro atoms. The lowest BCUT2D eigenvalue weighted by Crippen LogP contribution is -2.05. The fraction of sp³-hybridized carbons (Fsp3) is 0.0714. The topological polar surface area (TPSA) is 17.1 Å². The van der Waals surface area contributed by atoms with E-state index in [4.69, 9.17) is 0 Å². The van der Waals surface area contributed by atoms with Crippen LogP contribution < -0.4 is 0 Å². The Morgan fingerprint density at radius 1 is 1.00 bits per heavy atom. The second-order valence-electron chi connectivity index (χ2n) is 3.91. The third kappa shape index (κ3) is 2.48. The molecule has 0 unspecified atom stereocenters. The van der Waals surface area contributed by atoms with E-state index >= 15 is 0 Å². The Labute approximate surface area is 112 Å². The fourth-order valence-corrected chi connectivity index (χ4v) is 2.13. The molecule has 0 saturated carbocycles. The number of hydrogen-bond acceptors (Lipinski definition) is 1. The minimum Gasteiger partial charge on any atom is -0.289 e. The van der Waals surface area contributed by atoms with Crippen molar-refractivity contribution in [1.82, 2.24) is 0 Å². The van der Waals surface area contributed by atoms with Crippen LogP contribution in [-0.2, 0) is 0 Å². The molecule has 1 nitrogen and oxygen atoms in total. The second kappa shape index (κ2) is 4.98. The van der Waals surface area contributed by atoms with E-state index in [9.17, 15) is 13.6 Å². The maximum absolute atomic E-state index is 13.2. The lowest BCUT2D eigenvalue weighted by molar-refractivity contribution is 0.103. The molecule has 2 rings (SSSR count). The van der Waals surface area contributed by atoms with Gasteiger partial charge < -0.3 is 0 Å². The summed E-state index contributed by atoms with van der Waals surface area (Å²) >= 11 is 3.21. The van der Waals surface area contributed by atoms with Gasteiger partial charge in [0.15, 0.2) is 5.78 Å². The van der Waals surface area contributed by atoms with E-state index in [0.717, 1.165) is 6.07 Å². The molecule has 2 aromatic rings. The number of carbonyl (C=O) groups is 1. The normalized spacial score (nSPS) is 10.4. The van der Waals surface area contributed by atoms with Crippen LogP contribution in [0.5, 0.6) is 0 Å². The number of hydrogen-bond donors (Lipinski definition) is 0. The standard InChI is InChI=1S/C14H9BrF2O/c1-8-6-9(16)2-4-11(8)14(18)12-7-10(17)3-5-13(12)15/h2-7H,1H3. The van der Waals surface area contributed by atoms with Crippen LogP contribution in [0.4, 0.5) is 8.78 Å². The van der Waals surface area contributed by atoms with Gasteiger partial charge in [-0.15, -0.1) is 0 Å². The molecule has 0 fully saturated rings. The van der Waals surface area contributed by atoms with Crippen molar-refractivity contribution in [3.63, 3.8) is 0 Å². The minimum atomic E-state index is -0.485. The summed E-state index contributed by atoms with van der Waals surface area (Å²) in [6.45, 7) is 1.64. The van der Waals surface area contributed by atoms with Crippen molar-refractivity contribution in [3.05, 3.63) is 69.2 Å². The summed E-state index contributed by atoms with van der Waals surface area (Å²) in [5.74, 6) is -1.22. The highest BCUT2D eigenvalue weighted by Gasteiger charge is 2.15. The van der Waals surface area contributed by atoms with Crippen LogP contribution in [0.15, 0.2) is 40.9 Å². The highest BCUT2D eigenvalue weighted by atomic mass is 79.9. The molecule has 0 amide bonds. The van der Waals surface area contributed by atoms with E-state index in [1.807, 2.05) is 0 Å². The Hall–Kier alpha value is -1.55. The zero-order valence-corrected chi connectivity index (χ0v) is 11.1. The summed E-state index contributed by atoms with van der Waals surface area (Å²) in [6.07, 6.45) is 0. The van der Waals surface area contributed by atoms with Crippen LogP contribution in [0.25, 0.3) is 0 Å². The van der Waals surface area contributed by atoms with Crippen LogP contribution in [0, 0.1) is 18.6 Å². The van der Waals surface area contributed by atoms with Gasteiger partial charge in [0.05, 0.1) is 0 Å². The highest BCUT2D eigenvalue weighted by Crippen LogP contribution is 2.23. The number of carbonyl (C=O) groups excluding carboxylic acids is 1. The molecule has 0 aliphatic heterocycles. The Bertz CT molecular complexity index is 623. The minimum absolute atomic E-state index is 0.227. The Morgan fingerprint density at radius 3 is 2.28 bits per heavy atom. The quantitative estimate of drug-likeness (QED) is 0.757. The molecule has 0 radical (unpaired) electrons. The Kier molecular flexibility index (Phi) is 3.57. The molecule has 92 valence electrons. The highest BCUT2D eigenvalue weighted by molar-refractivity contribution is 9.10. The molecule has 0 aliphatic rings. The first kappa shape index (κ1) is 12.9. The Balaban J connectivity index is 2.51. The molecular weight excluding hydrogens is 302 g/mol. The summed E-state index contributed by atoms with van der Waals surface area (Å²) in [4.78, 5) is 12.2. The van der Waals surface area contributed by atoms with E-state index in [0.29, 0.717) is 15.6 Å². The van der Waals surface area contributed by atoms with Gasteiger partial charge in [0.25, 0.3) is 0 Å². The van der Waals surface area contributed by atoms with Crippen molar-refractivity contribution in [2.75, 3.05) is 0 Å². The van der Waals surface area contributed by atoms with Crippen molar-refractivity contribution in [2.24, 2.45) is 0 Å². The average Bonchev–Trinajstić information content (AvgIpc) is 2.31. The molecule has 2 aromatic carbocycles. The first-order valence-corrected chi connectivity index (χ1v) is 6.04. The largest absolute Gasteiger partial charge is 0.289 e. The number of rotatable bonds is 2. The fourth-order valence-electron chi connectivity index (χ4n) is 1.70. The van der Waals surface area contributed by atoms with E-state index in [1.54, 1.807) is 6.92 Å². The van der Waals surface area contributed by atoms with E-state index < -0.39 is 11.6 Å². The van der Waals surface area contributed by atoms with Crippen molar-refractivity contribution in [1.29, 1.82) is 0 Å². The zero-order chi connectivity index (χ0) is 13.3. The van der Waals surface area contributed by atoms with Gasteiger partial charge in [0.1, 0.15) is 11.6 Å². The summed E-state index contributed by atoms with van der Waals surface area (Å²) in [5.41, 5.74) is 1.11. The summed E-state index contributed by atoms with van der Waals surface area (Å²) in [5, 5.41) is 0. The van der Waals surface area contributed by atoms with Crippen molar-refractivity contribution < 1.29 is 13.6 Å². The molecule has 0 saturated heterocycles. The second-order valence-corrected chi connectivity index (χ2v) is 4.77. The van der Waals surface area contributed by atoms with Gasteiger partial charge in [-0.3, -0.25) is 4.79 Å². The van der Waals surface area contributed by atoms with Gasteiger partial charge >= 0.3 is 0 Å². The zero-order valence-electron chi connectivity index (χ0n) is 9.51. The van der Waals surface area contributed by atoms with Crippen LogP contribution in [-0.4, -0.2) is 5.78 Å². The van der Waals surface area contributed by atoms with Crippen molar-refractivity contribution in [2.45, 2.75) is 6.92 Å². The first-order valence-electron chi connectivity index (χ1n) is 5.25. The molecule has 18 heavy (non-hydrogen) atoms. The molecule has 0 heterocycles. The number of halogens is 3.